The van der Waals surface area contributed by atoms with Crippen molar-refractivity contribution in [3.8, 4) is 0 Å². The zero-order valence-electron chi connectivity index (χ0n) is 9.33. The lowest BCUT2D eigenvalue weighted by Gasteiger charge is -2.11. The molecule has 1 rings (SSSR count). The maximum absolute atomic E-state index is 11.6. The van der Waals surface area contributed by atoms with Crippen LogP contribution in [0.3, 0.4) is 0 Å². The summed E-state index contributed by atoms with van der Waals surface area (Å²) in [4.78, 5) is 15.9. The summed E-state index contributed by atoms with van der Waals surface area (Å²) in [5, 5.41) is 5.64. The van der Waals surface area contributed by atoms with Crippen LogP contribution in [-0.2, 0) is 17.1 Å². The van der Waals surface area contributed by atoms with E-state index in [1.807, 2.05) is 18.6 Å². The number of halogens is 1. The molecule has 0 aliphatic carbocycles. The van der Waals surface area contributed by atoms with E-state index >= 15 is 0 Å². The largest absolute Gasteiger partial charge is 0.352 e. The van der Waals surface area contributed by atoms with Gasteiger partial charge in [-0.1, -0.05) is 0 Å². The van der Waals surface area contributed by atoms with Gasteiger partial charge < -0.3 is 5.32 Å². The average molecular weight is 279 g/mol. The number of carbonyl (C=O) groups is 1. The predicted octanol–water partition coefficient (Wildman–Crippen LogP) is 2.29. The third-order valence-corrected chi connectivity index (χ3v) is 3.88. The molecular weight excluding hydrogens is 264 g/mol. The lowest BCUT2D eigenvalue weighted by atomic mass is 10.3. The molecule has 1 aromatic heterocycles. The molecule has 1 unspecified atom stereocenters. The van der Waals surface area contributed by atoms with Gasteiger partial charge in [-0.3, -0.25) is 4.79 Å². The molecule has 90 valence electrons. The highest BCUT2D eigenvalue weighted by Crippen LogP contribution is 2.12. The molecule has 16 heavy (non-hydrogen) atoms. The van der Waals surface area contributed by atoms with E-state index in [-0.39, 0.29) is 11.9 Å². The van der Waals surface area contributed by atoms with Crippen LogP contribution >= 0.6 is 34.7 Å². The summed E-state index contributed by atoms with van der Waals surface area (Å²) in [6.45, 7) is 2.00. The van der Waals surface area contributed by atoms with Gasteiger partial charge in [0.05, 0.1) is 18.0 Å². The molecule has 0 aliphatic heterocycles. The van der Waals surface area contributed by atoms with E-state index in [1.54, 1.807) is 11.8 Å². The second-order valence-corrected chi connectivity index (χ2v) is 5.59. The Balaban J connectivity index is 2.39. The van der Waals surface area contributed by atoms with Gasteiger partial charge in [-0.2, -0.15) is 11.8 Å². The normalized spacial score (nSPS) is 12.4. The summed E-state index contributed by atoms with van der Waals surface area (Å²) in [6, 6.07) is 0.204. The summed E-state index contributed by atoms with van der Waals surface area (Å²) < 4.78 is 0. The monoisotopic (exact) mass is 278 g/mol. The molecule has 1 heterocycles. The summed E-state index contributed by atoms with van der Waals surface area (Å²) in [7, 11) is 0. The fraction of sp³-hybridized carbons (Fsp3) is 0.600. The van der Waals surface area contributed by atoms with E-state index in [4.69, 9.17) is 11.6 Å². The number of alkyl halides is 1. The fourth-order valence-corrected chi connectivity index (χ4v) is 2.85. The maximum atomic E-state index is 11.6. The number of rotatable bonds is 6. The van der Waals surface area contributed by atoms with Gasteiger partial charge in [0.1, 0.15) is 5.01 Å². The molecule has 0 fully saturated rings. The first-order valence-corrected chi connectivity index (χ1v) is 7.74. The smallest absolute Gasteiger partial charge is 0.227 e. The molecule has 0 saturated heterocycles. The molecule has 1 atom stereocenters. The summed E-state index contributed by atoms with van der Waals surface area (Å²) >= 11 is 8.85. The highest BCUT2D eigenvalue weighted by atomic mass is 35.5. The van der Waals surface area contributed by atoms with E-state index in [2.05, 4.69) is 10.3 Å². The van der Waals surface area contributed by atoms with Crippen LogP contribution in [0.25, 0.3) is 0 Å². The minimum atomic E-state index is 0.0250. The number of hydrogen-bond acceptors (Lipinski definition) is 4. The van der Waals surface area contributed by atoms with Gasteiger partial charge in [0, 0.05) is 17.2 Å². The minimum absolute atomic E-state index is 0.0250. The number of thiazole rings is 1. The van der Waals surface area contributed by atoms with E-state index in [0.29, 0.717) is 12.3 Å². The third kappa shape index (κ3) is 4.72. The molecule has 0 bridgehead atoms. The number of carbonyl (C=O) groups excluding carboxylic acids is 1. The van der Waals surface area contributed by atoms with Crippen LogP contribution in [0.1, 0.15) is 17.6 Å². The number of hydrogen-bond donors (Lipinski definition) is 1. The Morgan fingerprint density at radius 2 is 2.50 bits per heavy atom. The van der Waals surface area contributed by atoms with Crippen molar-refractivity contribution in [3.05, 3.63) is 16.1 Å². The van der Waals surface area contributed by atoms with Crippen molar-refractivity contribution in [3.63, 3.8) is 0 Å². The Morgan fingerprint density at radius 1 is 1.75 bits per heavy atom. The van der Waals surface area contributed by atoms with Crippen LogP contribution in [0.15, 0.2) is 5.38 Å². The average Bonchev–Trinajstić information content (AvgIpc) is 2.65. The lowest BCUT2D eigenvalue weighted by molar-refractivity contribution is -0.120. The zero-order valence-corrected chi connectivity index (χ0v) is 11.7. The summed E-state index contributed by atoms with van der Waals surface area (Å²) in [5.74, 6) is 1.36. The first kappa shape index (κ1) is 13.8. The minimum Gasteiger partial charge on any atom is -0.352 e. The van der Waals surface area contributed by atoms with Crippen LogP contribution in [0.2, 0.25) is 0 Å². The van der Waals surface area contributed by atoms with E-state index in [9.17, 15) is 4.79 Å². The Kier molecular flexibility index (Phi) is 6.16. The van der Waals surface area contributed by atoms with Gasteiger partial charge >= 0.3 is 0 Å². The van der Waals surface area contributed by atoms with Crippen LogP contribution < -0.4 is 5.32 Å². The van der Waals surface area contributed by atoms with Gasteiger partial charge in [0.2, 0.25) is 5.91 Å². The number of amides is 1. The number of aromatic nitrogens is 1. The Bertz CT molecular complexity index is 343. The number of thioether (sulfide) groups is 1. The Labute approximate surface area is 109 Å². The van der Waals surface area contributed by atoms with Crippen molar-refractivity contribution in [2.24, 2.45) is 0 Å². The van der Waals surface area contributed by atoms with Crippen molar-refractivity contribution in [2.45, 2.75) is 25.3 Å². The first-order chi connectivity index (χ1) is 7.65. The molecule has 0 aromatic carbocycles. The highest BCUT2D eigenvalue weighted by molar-refractivity contribution is 7.98. The summed E-state index contributed by atoms with van der Waals surface area (Å²) in [5.41, 5.74) is 0.839. The van der Waals surface area contributed by atoms with Gasteiger partial charge in [-0.05, 0) is 13.2 Å². The molecule has 0 radical (unpaired) electrons. The van der Waals surface area contributed by atoms with Crippen molar-refractivity contribution < 1.29 is 4.79 Å². The highest BCUT2D eigenvalue weighted by Gasteiger charge is 2.10. The van der Waals surface area contributed by atoms with Gasteiger partial charge in [-0.25, -0.2) is 4.98 Å². The van der Waals surface area contributed by atoms with Gasteiger partial charge in [-0.15, -0.1) is 22.9 Å². The number of nitrogens with zero attached hydrogens (tertiary/aromatic N) is 1. The maximum Gasteiger partial charge on any atom is 0.227 e. The standard InChI is InChI=1S/C10H15ClN2OS2/c1-7(5-15-2)12-9(14)3-10-13-8(4-11)6-16-10/h6-7H,3-5H2,1-2H3,(H,12,14). The van der Waals surface area contributed by atoms with Crippen LogP contribution in [0.5, 0.6) is 0 Å². The van der Waals surface area contributed by atoms with Crippen LogP contribution in [0.4, 0.5) is 0 Å². The second kappa shape index (κ2) is 7.14. The van der Waals surface area contributed by atoms with Crippen molar-refractivity contribution in [2.75, 3.05) is 12.0 Å². The molecular formula is C10H15ClN2OS2. The zero-order chi connectivity index (χ0) is 12.0. The molecule has 1 amide bonds. The quantitative estimate of drug-likeness (QED) is 0.812. The molecule has 6 heteroatoms. The van der Waals surface area contributed by atoms with E-state index in [1.165, 1.54) is 11.3 Å². The molecule has 1 aromatic rings. The molecule has 0 spiro atoms. The van der Waals surface area contributed by atoms with Crippen molar-refractivity contribution in [1.82, 2.24) is 10.3 Å². The second-order valence-electron chi connectivity index (χ2n) is 3.47. The fourth-order valence-electron chi connectivity index (χ4n) is 1.25. The van der Waals surface area contributed by atoms with Gasteiger partial charge in [0.15, 0.2) is 0 Å². The lowest BCUT2D eigenvalue weighted by Crippen LogP contribution is -2.35. The molecule has 0 saturated carbocycles. The molecule has 0 aliphatic rings. The first-order valence-electron chi connectivity index (χ1n) is 4.93. The molecule has 3 nitrogen and oxygen atoms in total. The summed E-state index contributed by atoms with van der Waals surface area (Å²) in [6.07, 6.45) is 2.37. The van der Waals surface area contributed by atoms with Crippen molar-refractivity contribution >= 4 is 40.6 Å². The van der Waals surface area contributed by atoms with E-state index in [0.717, 1.165) is 16.5 Å². The predicted molar refractivity (Wildman–Crippen MR) is 71.4 cm³/mol. The van der Waals surface area contributed by atoms with Crippen LogP contribution in [-0.4, -0.2) is 28.9 Å². The topological polar surface area (TPSA) is 42.0 Å². The van der Waals surface area contributed by atoms with Crippen LogP contribution in [0, 0.1) is 0 Å². The third-order valence-electron chi connectivity index (χ3n) is 1.87. The van der Waals surface area contributed by atoms with Gasteiger partial charge in [0.25, 0.3) is 0 Å². The van der Waals surface area contributed by atoms with Crippen molar-refractivity contribution in [1.29, 1.82) is 0 Å². The SMILES string of the molecule is CSCC(C)NC(=O)Cc1nc(CCl)cs1. The molecule has 1 N–H and O–H groups in total. The number of nitrogens with one attached hydrogen (secondary N) is 1. The Morgan fingerprint density at radius 3 is 3.06 bits per heavy atom. The van der Waals surface area contributed by atoms with E-state index < -0.39 is 0 Å². The Hall–Kier alpha value is -0.260.